The van der Waals surface area contributed by atoms with Gasteiger partial charge in [0.15, 0.2) is 11.6 Å². The van der Waals surface area contributed by atoms with Crippen molar-refractivity contribution in [3.8, 4) is 0 Å². The van der Waals surface area contributed by atoms with Crippen LogP contribution in [0.1, 0.15) is 63.8 Å². The molecule has 2 aromatic heterocycles. The molecule has 1 aliphatic heterocycles. The quantitative estimate of drug-likeness (QED) is 0.512. The number of nitrogens with one attached hydrogen (secondary N) is 1. The molecule has 36 heavy (non-hydrogen) atoms. The number of nitrogens with zero attached hydrogens (tertiary/aromatic N) is 3. The Hall–Kier alpha value is -3.89. The van der Waals surface area contributed by atoms with Gasteiger partial charge in [-0.15, -0.1) is 0 Å². The SMILES string of the molecule is Cc1ccc(C(=O)Nc2cc(C(C)(C)C(F)(F)F)on2)cc1C1CCN(c2cncc(C(N)=O)c2)C1. The van der Waals surface area contributed by atoms with Gasteiger partial charge >= 0.3 is 6.18 Å². The zero-order valence-corrected chi connectivity index (χ0v) is 20.0. The van der Waals surface area contributed by atoms with Gasteiger partial charge in [0.2, 0.25) is 5.91 Å². The Morgan fingerprint density at radius 1 is 1.14 bits per heavy atom. The van der Waals surface area contributed by atoms with Gasteiger partial charge in [-0.2, -0.15) is 13.2 Å². The van der Waals surface area contributed by atoms with Crippen LogP contribution in [0.5, 0.6) is 0 Å². The fraction of sp³-hybridized carbons (Fsp3) is 0.360. The van der Waals surface area contributed by atoms with Crippen molar-refractivity contribution < 1.29 is 27.3 Å². The van der Waals surface area contributed by atoms with E-state index in [-0.39, 0.29) is 11.7 Å². The second-order valence-corrected chi connectivity index (χ2v) is 9.45. The second kappa shape index (κ2) is 9.29. The number of carbonyl (C=O) groups is 2. The third-order valence-electron chi connectivity index (χ3n) is 6.62. The highest BCUT2D eigenvalue weighted by Gasteiger charge is 2.51. The fourth-order valence-corrected chi connectivity index (χ4v) is 4.16. The molecule has 1 saturated heterocycles. The molecule has 190 valence electrons. The monoisotopic (exact) mass is 501 g/mol. The van der Waals surface area contributed by atoms with E-state index in [1.54, 1.807) is 24.4 Å². The van der Waals surface area contributed by atoms with Gasteiger partial charge < -0.3 is 20.5 Å². The van der Waals surface area contributed by atoms with Crippen LogP contribution in [0.2, 0.25) is 0 Å². The number of hydrogen-bond acceptors (Lipinski definition) is 6. The molecule has 11 heteroatoms. The zero-order chi connectivity index (χ0) is 26.3. The minimum absolute atomic E-state index is 0.0941. The molecular weight excluding hydrogens is 475 g/mol. The number of halogens is 3. The zero-order valence-electron chi connectivity index (χ0n) is 20.0. The Balaban J connectivity index is 1.49. The Morgan fingerprint density at radius 2 is 1.89 bits per heavy atom. The summed E-state index contributed by atoms with van der Waals surface area (Å²) in [4.78, 5) is 30.6. The van der Waals surface area contributed by atoms with Crippen LogP contribution < -0.4 is 16.0 Å². The molecule has 8 nitrogen and oxygen atoms in total. The average molecular weight is 502 g/mol. The van der Waals surface area contributed by atoms with Crippen molar-refractivity contribution in [2.24, 2.45) is 5.73 Å². The number of anilines is 2. The number of primary amides is 1. The largest absolute Gasteiger partial charge is 0.401 e. The minimum Gasteiger partial charge on any atom is -0.370 e. The van der Waals surface area contributed by atoms with E-state index < -0.39 is 29.2 Å². The molecule has 1 aromatic carbocycles. The molecule has 3 heterocycles. The van der Waals surface area contributed by atoms with Crippen LogP contribution in [0.25, 0.3) is 0 Å². The molecular formula is C25H26F3N5O3. The standard InChI is InChI=1S/C25H26F3N5O3/c1-14-4-5-15(23(35)31-21-10-20(36-32-21)24(2,3)25(26,27)28)9-19(14)16-6-7-33(13-16)18-8-17(22(29)34)11-30-12-18/h4-5,8-12,16H,6-7,13H2,1-3H3,(H2,29,34)(H,31,32,35). The fourth-order valence-electron chi connectivity index (χ4n) is 4.16. The number of hydrogen-bond donors (Lipinski definition) is 2. The van der Waals surface area contributed by atoms with Gasteiger partial charge in [0.05, 0.1) is 17.4 Å². The molecule has 1 fully saturated rings. The first-order valence-corrected chi connectivity index (χ1v) is 11.3. The van der Waals surface area contributed by atoms with E-state index in [1.165, 1.54) is 6.20 Å². The Labute approximate surface area is 205 Å². The third kappa shape index (κ3) is 4.91. The number of alkyl halides is 3. The van der Waals surface area contributed by atoms with Crippen LogP contribution in [-0.2, 0) is 5.41 Å². The predicted molar refractivity (Wildman–Crippen MR) is 127 cm³/mol. The van der Waals surface area contributed by atoms with Crippen LogP contribution in [0, 0.1) is 6.92 Å². The van der Waals surface area contributed by atoms with Gasteiger partial charge in [-0.3, -0.25) is 14.6 Å². The summed E-state index contributed by atoms with van der Waals surface area (Å²) in [6, 6.07) is 8.08. The maximum Gasteiger partial charge on any atom is 0.401 e. The van der Waals surface area contributed by atoms with Crippen molar-refractivity contribution in [2.45, 2.75) is 44.7 Å². The van der Waals surface area contributed by atoms with Crippen molar-refractivity contribution in [1.82, 2.24) is 10.1 Å². The Bertz CT molecular complexity index is 1300. The molecule has 3 aromatic rings. The van der Waals surface area contributed by atoms with Crippen molar-refractivity contribution in [2.75, 3.05) is 23.3 Å². The highest BCUT2D eigenvalue weighted by molar-refractivity contribution is 6.04. The predicted octanol–water partition coefficient (Wildman–Crippen LogP) is 4.56. The summed E-state index contributed by atoms with van der Waals surface area (Å²) in [7, 11) is 0. The first-order chi connectivity index (χ1) is 16.9. The van der Waals surface area contributed by atoms with Crippen molar-refractivity contribution in [3.05, 3.63) is 70.7 Å². The number of aryl methyl sites for hydroxylation is 1. The van der Waals surface area contributed by atoms with Gasteiger partial charge in [0.25, 0.3) is 5.91 Å². The summed E-state index contributed by atoms with van der Waals surface area (Å²) >= 11 is 0. The topological polar surface area (TPSA) is 114 Å². The highest BCUT2D eigenvalue weighted by Crippen LogP contribution is 2.41. The average Bonchev–Trinajstić information content (AvgIpc) is 3.49. The molecule has 1 unspecified atom stereocenters. The second-order valence-electron chi connectivity index (χ2n) is 9.45. The number of nitrogens with two attached hydrogens (primary N) is 1. The van der Waals surface area contributed by atoms with E-state index in [1.807, 2.05) is 13.0 Å². The Morgan fingerprint density at radius 3 is 2.58 bits per heavy atom. The van der Waals surface area contributed by atoms with Crippen LogP contribution in [-0.4, -0.2) is 41.2 Å². The summed E-state index contributed by atoms with van der Waals surface area (Å²) in [6.07, 6.45) is -0.608. The molecule has 3 N–H and O–H groups in total. The smallest absolute Gasteiger partial charge is 0.370 e. The van der Waals surface area contributed by atoms with E-state index >= 15 is 0 Å². The number of amides is 2. The third-order valence-corrected chi connectivity index (χ3v) is 6.62. The van der Waals surface area contributed by atoms with E-state index in [0.717, 1.165) is 49.7 Å². The molecule has 0 spiro atoms. The van der Waals surface area contributed by atoms with Crippen molar-refractivity contribution >= 4 is 23.3 Å². The van der Waals surface area contributed by atoms with Gasteiger partial charge in [0, 0.05) is 36.8 Å². The number of pyridine rings is 1. The molecule has 2 amide bonds. The number of aromatic nitrogens is 2. The molecule has 0 bridgehead atoms. The lowest BCUT2D eigenvalue weighted by Gasteiger charge is -2.24. The lowest BCUT2D eigenvalue weighted by Crippen LogP contribution is -2.35. The molecule has 0 aliphatic carbocycles. The molecule has 0 saturated carbocycles. The van der Waals surface area contributed by atoms with Crippen LogP contribution in [0.15, 0.2) is 47.2 Å². The van der Waals surface area contributed by atoms with E-state index in [0.29, 0.717) is 17.7 Å². The minimum atomic E-state index is -4.54. The lowest BCUT2D eigenvalue weighted by atomic mass is 9.89. The maximum atomic E-state index is 13.3. The Kier molecular flexibility index (Phi) is 6.50. The number of carbonyl (C=O) groups excluding carboxylic acids is 2. The van der Waals surface area contributed by atoms with Gasteiger partial charge in [-0.05, 0) is 56.5 Å². The first-order valence-electron chi connectivity index (χ1n) is 11.3. The van der Waals surface area contributed by atoms with Crippen LogP contribution in [0.4, 0.5) is 24.7 Å². The highest BCUT2D eigenvalue weighted by atomic mass is 19.4. The summed E-state index contributed by atoms with van der Waals surface area (Å²) in [5.74, 6) is -1.41. The van der Waals surface area contributed by atoms with Gasteiger partial charge in [-0.1, -0.05) is 11.2 Å². The summed E-state index contributed by atoms with van der Waals surface area (Å²) in [5.41, 5.74) is 6.60. The molecule has 1 atom stereocenters. The number of benzene rings is 1. The maximum absolute atomic E-state index is 13.3. The van der Waals surface area contributed by atoms with E-state index in [2.05, 4.69) is 20.4 Å². The molecule has 1 aliphatic rings. The van der Waals surface area contributed by atoms with E-state index in [9.17, 15) is 22.8 Å². The lowest BCUT2D eigenvalue weighted by molar-refractivity contribution is -0.185. The number of rotatable bonds is 6. The molecule has 0 radical (unpaired) electrons. The van der Waals surface area contributed by atoms with Crippen molar-refractivity contribution in [3.63, 3.8) is 0 Å². The first kappa shape index (κ1) is 25.2. The normalized spacial score (nSPS) is 16.3. The van der Waals surface area contributed by atoms with Crippen LogP contribution in [0.3, 0.4) is 0 Å². The van der Waals surface area contributed by atoms with Gasteiger partial charge in [0.1, 0.15) is 5.41 Å². The summed E-state index contributed by atoms with van der Waals surface area (Å²) in [5, 5.41) is 6.11. The van der Waals surface area contributed by atoms with E-state index in [4.69, 9.17) is 10.3 Å². The molecule has 4 rings (SSSR count). The summed E-state index contributed by atoms with van der Waals surface area (Å²) < 4.78 is 44.7. The van der Waals surface area contributed by atoms with Gasteiger partial charge in [-0.25, -0.2) is 0 Å². The van der Waals surface area contributed by atoms with Crippen LogP contribution >= 0.6 is 0 Å². The van der Waals surface area contributed by atoms with Crippen molar-refractivity contribution in [1.29, 1.82) is 0 Å². The summed E-state index contributed by atoms with van der Waals surface area (Å²) in [6.45, 7) is 5.32.